The molecular weight excluding hydrogens is 409 g/mol. The molecule has 0 aliphatic carbocycles. The van der Waals surface area contributed by atoms with Crippen LogP contribution < -0.4 is 5.32 Å². The van der Waals surface area contributed by atoms with E-state index in [4.69, 9.17) is 4.52 Å². The summed E-state index contributed by atoms with van der Waals surface area (Å²) >= 11 is 0. The average Bonchev–Trinajstić information content (AvgIpc) is 3.41. The molecule has 2 aromatic carbocycles. The number of carbonyl (C=O) groups is 1. The van der Waals surface area contributed by atoms with Gasteiger partial charge in [-0.1, -0.05) is 35.5 Å². The summed E-state index contributed by atoms with van der Waals surface area (Å²) in [5, 5.41) is 6.95. The van der Waals surface area contributed by atoms with Crippen molar-refractivity contribution in [3.05, 3.63) is 66.2 Å². The van der Waals surface area contributed by atoms with Crippen molar-refractivity contribution in [2.45, 2.75) is 25.3 Å². The van der Waals surface area contributed by atoms with Crippen LogP contribution in [0, 0.1) is 11.2 Å². The Morgan fingerprint density at radius 2 is 1.84 bits per heavy atom. The number of halogens is 1. The second-order valence-electron chi connectivity index (χ2n) is 8.86. The largest absolute Gasteiger partial charge is 0.334 e. The molecule has 1 spiro atoms. The zero-order valence-electron chi connectivity index (χ0n) is 18.0. The average molecular weight is 436 g/mol. The third-order valence-corrected chi connectivity index (χ3v) is 6.73. The molecule has 2 aliphatic heterocycles. The van der Waals surface area contributed by atoms with E-state index in [0.29, 0.717) is 24.8 Å². The third-order valence-electron chi connectivity index (χ3n) is 6.73. The number of carbonyl (C=O) groups excluding carboxylic acids is 1. The minimum absolute atomic E-state index is 0.0926. The summed E-state index contributed by atoms with van der Waals surface area (Å²) in [6, 6.07) is 15.8. The Morgan fingerprint density at radius 1 is 1.12 bits per heavy atom. The summed E-state index contributed by atoms with van der Waals surface area (Å²) in [7, 11) is 2.09. The number of para-hydroxylation sites is 1. The van der Waals surface area contributed by atoms with Gasteiger partial charge in [0.2, 0.25) is 0 Å². The van der Waals surface area contributed by atoms with Crippen LogP contribution in [0.2, 0.25) is 0 Å². The first-order valence-electron chi connectivity index (χ1n) is 10.9. The fourth-order valence-corrected chi connectivity index (χ4v) is 4.93. The molecule has 1 unspecified atom stereocenters. The topological polar surface area (TPSA) is 74.5 Å². The highest BCUT2D eigenvalue weighted by Crippen LogP contribution is 2.47. The van der Waals surface area contributed by atoms with Gasteiger partial charge in [0.25, 0.3) is 5.89 Å². The van der Waals surface area contributed by atoms with Gasteiger partial charge in [0.15, 0.2) is 5.82 Å². The van der Waals surface area contributed by atoms with Crippen molar-refractivity contribution in [1.29, 1.82) is 0 Å². The number of likely N-dealkylation sites (tertiary alicyclic amines) is 2. The second kappa shape index (κ2) is 8.35. The molecule has 0 saturated carbocycles. The lowest BCUT2D eigenvalue weighted by molar-refractivity contribution is 0.128. The van der Waals surface area contributed by atoms with Gasteiger partial charge in [-0.2, -0.15) is 4.98 Å². The summed E-state index contributed by atoms with van der Waals surface area (Å²) < 4.78 is 19.4. The van der Waals surface area contributed by atoms with E-state index in [1.165, 1.54) is 6.07 Å². The molecule has 3 heterocycles. The van der Waals surface area contributed by atoms with Gasteiger partial charge in [-0.25, -0.2) is 9.18 Å². The maximum Gasteiger partial charge on any atom is 0.321 e. The number of piperidine rings is 1. The number of benzene rings is 2. The maximum absolute atomic E-state index is 13.9. The van der Waals surface area contributed by atoms with Crippen molar-refractivity contribution < 1.29 is 13.7 Å². The Labute approximate surface area is 186 Å². The van der Waals surface area contributed by atoms with E-state index >= 15 is 0 Å². The second-order valence-corrected chi connectivity index (χ2v) is 8.86. The maximum atomic E-state index is 13.9. The van der Waals surface area contributed by atoms with E-state index in [0.717, 1.165) is 31.4 Å². The Bertz CT molecular complexity index is 1090. The van der Waals surface area contributed by atoms with Gasteiger partial charge < -0.3 is 14.7 Å². The molecule has 2 amide bonds. The van der Waals surface area contributed by atoms with Crippen molar-refractivity contribution in [2.24, 2.45) is 5.41 Å². The minimum atomic E-state index is -0.426. The molecule has 2 saturated heterocycles. The zero-order valence-corrected chi connectivity index (χ0v) is 18.0. The Hall–Kier alpha value is -3.26. The van der Waals surface area contributed by atoms with Gasteiger partial charge >= 0.3 is 6.03 Å². The molecule has 0 bridgehead atoms. The first kappa shape index (κ1) is 20.6. The highest BCUT2D eigenvalue weighted by Gasteiger charge is 2.46. The van der Waals surface area contributed by atoms with E-state index in [1.807, 2.05) is 30.3 Å². The highest BCUT2D eigenvalue weighted by molar-refractivity contribution is 5.89. The van der Waals surface area contributed by atoms with Gasteiger partial charge in [-0.3, -0.25) is 4.90 Å². The first-order valence-corrected chi connectivity index (χ1v) is 10.9. The standard InChI is InChI=1S/C24H26FN5O2/c1-29-16-24(15-20(29)21-27-22(32-28-21)17-7-3-2-4-8-17)11-13-30(14-12-24)23(31)26-19-10-6-5-9-18(19)25/h2-10,20H,11-16H2,1H3,(H,26,31). The lowest BCUT2D eigenvalue weighted by Gasteiger charge is -2.39. The molecule has 2 fully saturated rings. The first-order chi connectivity index (χ1) is 15.5. The number of urea groups is 1. The van der Waals surface area contributed by atoms with Crippen molar-refractivity contribution in [2.75, 3.05) is 32.0 Å². The lowest BCUT2D eigenvalue weighted by atomic mass is 9.76. The number of nitrogens with one attached hydrogen (secondary N) is 1. The van der Waals surface area contributed by atoms with Crippen LogP contribution in [0.15, 0.2) is 59.1 Å². The minimum Gasteiger partial charge on any atom is -0.334 e. The summed E-state index contributed by atoms with van der Waals surface area (Å²) in [6.07, 6.45) is 2.71. The molecule has 8 heteroatoms. The van der Waals surface area contributed by atoms with Crippen LogP contribution in [0.1, 0.15) is 31.1 Å². The van der Waals surface area contributed by atoms with E-state index in [9.17, 15) is 9.18 Å². The van der Waals surface area contributed by atoms with Gasteiger partial charge in [-0.15, -0.1) is 0 Å². The predicted octanol–water partition coefficient (Wildman–Crippen LogP) is 4.57. The predicted molar refractivity (Wildman–Crippen MR) is 118 cm³/mol. The van der Waals surface area contributed by atoms with Crippen LogP contribution in [0.3, 0.4) is 0 Å². The molecule has 2 aliphatic rings. The van der Waals surface area contributed by atoms with Crippen molar-refractivity contribution in [3.8, 4) is 11.5 Å². The summed E-state index contributed by atoms with van der Waals surface area (Å²) in [4.78, 5) is 21.3. The molecule has 166 valence electrons. The van der Waals surface area contributed by atoms with E-state index < -0.39 is 5.82 Å². The summed E-state index contributed by atoms with van der Waals surface area (Å²) in [5.41, 5.74) is 1.24. The number of nitrogens with zero attached hydrogens (tertiary/aromatic N) is 4. The number of aromatic nitrogens is 2. The van der Waals surface area contributed by atoms with Gasteiger partial charge in [0.05, 0.1) is 11.7 Å². The van der Waals surface area contributed by atoms with Gasteiger partial charge in [-0.05, 0) is 56.0 Å². The number of hydrogen-bond acceptors (Lipinski definition) is 5. The quantitative estimate of drug-likeness (QED) is 0.653. The summed E-state index contributed by atoms with van der Waals surface area (Å²) in [6.45, 7) is 2.21. The monoisotopic (exact) mass is 435 g/mol. The van der Waals surface area contributed by atoms with Crippen LogP contribution in [0.5, 0.6) is 0 Å². The SMILES string of the molecule is CN1CC2(CCN(C(=O)Nc3ccccc3F)CC2)CC1c1noc(-c2ccccc2)n1. The molecule has 32 heavy (non-hydrogen) atoms. The van der Waals surface area contributed by atoms with Gasteiger partial charge in [0.1, 0.15) is 5.82 Å². The smallest absolute Gasteiger partial charge is 0.321 e. The molecule has 5 rings (SSSR count). The molecule has 3 aromatic rings. The van der Waals surface area contributed by atoms with Crippen molar-refractivity contribution >= 4 is 11.7 Å². The van der Waals surface area contributed by atoms with E-state index in [2.05, 4.69) is 27.4 Å². The van der Waals surface area contributed by atoms with Crippen molar-refractivity contribution in [1.82, 2.24) is 19.9 Å². The molecule has 0 radical (unpaired) electrons. The number of anilines is 1. The number of rotatable bonds is 3. The van der Waals surface area contributed by atoms with Crippen LogP contribution in [-0.2, 0) is 0 Å². The van der Waals surface area contributed by atoms with Crippen LogP contribution >= 0.6 is 0 Å². The van der Waals surface area contributed by atoms with E-state index in [-0.39, 0.29) is 23.2 Å². The normalized spacial score (nSPS) is 20.6. The zero-order chi connectivity index (χ0) is 22.1. The fraction of sp³-hybridized carbons (Fsp3) is 0.375. The molecular formula is C24H26FN5O2. The van der Waals surface area contributed by atoms with Crippen LogP contribution in [0.25, 0.3) is 11.5 Å². The van der Waals surface area contributed by atoms with Gasteiger partial charge in [0, 0.05) is 25.2 Å². The van der Waals surface area contributed by atoms with Crippen LogP contribution in [0.4, 0.5) is 14.9 Å². The lowest BCUT2D eigenvalue weighted by Crippen LogP contribution is -2.45. The Balaban J connectivity index is 1.22. The number of hydrogen-bond donors (Lipinski definition) is 1. The molecule has 1 atom stereocenters. The molecule has 7 nitrogen and oxygen atoms in total. The molecule has 1 aromatic heterocycles. The number of amides is 2. The fourth-order valence-electron chi connectivity index (χ4n) is 4.93. The van der Waals surface area contributed by atoms with Crippen molar-refractivity contribution in [3.63, 3.8) is 0 Å². The molecule has 1 N–H and O–H groups in total. The highest BCUT2D eigenvalue weighted by atomic mass is 19.1. The van der Waals surface area contributed by atoms with Crippen LogP contribution in [-0.4, -0.2) is 52.7 Å². The third kappa shape index (κ3) is 3.98. The van der Waals surface area contributed by atoms with E-state index in [1.54, 1.807) is 23.1 Å². The Kier molecular flexibility index (Phi) is 5.38. The Morgan fingerprint density at radius 3 is 2.59 bits per heavy atom. The summed E-state index contributed by atoms with van der Waals surface area (Å²) in [5.74, 6) is 0.821.